The summed E-state index contributed by atoms with van der Waals surface area (Å²) in [6, 6.07) is 3.63. The van der Waals surface area contributed by atoms with Crippen LogP contribution in [0.2, 0.25) is 0 Å². The van der Waals surface area contributed by atoms with Gasteiger partial charge in [0.05, 0.1) is 18.0 Å². The predicted molar refractivity (Wildman–Crippen MR) is 87.8 cm³/mol. The molecule has 2 rings (SSSR count). The van der Waals surface area contributed by atoms with Crippen molar-refractivity contribution in [3.05, 3.63) is 34.7 Å². The normalized spacial score (nSPS) is 13.3. The third kappa shape index (κ3) is 3.56. The molecule has 0 aliphatic heterocycles. The van der Waals surface area contributed by atoms with Crippen molar-refractivity contribution < 1.29 is 13.2 Å². The van der Waals surface area contributed by atoms with E-state index in [1.165, 1.54) is 6.92 Å². The average Bonchev–Trinajstić information content (AvgIpc) is 3.11. The Kier molecular flexibility index (Phi) is 5.02. The smallest absolute Gasteiger partial charge is 0.243 e. The van der Waals surface area contributed by atoms with E-state index in [9.17, 15) is 13.2 Å². The lowest BCUT2D eigenvalue weighted by Gasteiger charge is -2.16. The summed E-state index contributed by atoms with van der Waals surface area (Å²) in [4.78, 5) is 12.2. The quantitative estimate of drug-likeness (QED) is 0.873. The summed E-state index contributed by atoms with van der Waals surface area (Å²) in [6.07, 6.45) is 1.57. The summed E-state index contributed by atoms with van der Waals surface area (Å²) in [7, 11) is -3.48. The zero-order chi connectivity index (χ0) is 16.3. The van der Waals surface area contributed by atoms with Gasteiger partial charge in [-0.3, -0.25) is 4.79 Å². The van der Waals surface area contributed by atoms with Gasteiger partial charge in [0.25, 0.3) is 0 Å². The number of amides is 1. The molecule has 2 aromatic rings. The van der Waals surface area contributed by atoms with Gasteiger partial charge < -0.3 is 5.32 Å². The average molecular weight is 341 g/mol. The van der Waals surface area contributed by atoms with E-state index in [-0.39, 0.29) is 0 Å². The molecule has 2 aromatic heterocycles. The fourth-order valence-corrected chi connectivity index (χ4v) is 3.74. The van der Waals surface area contributed by atoms with Crippen LogP contribution in [0.3, 0.4) is 0 Å². The Morgan fingerprint density at radius 2 is 2.09 bits per heavy atom. The summed E-state index contributed by atoms with van der Waals surface area (Å²) in [5, 5.41) is 9.08. The van der Waals surface area contributed by atoms with E-state index >= 15 is 0 Å². The molecule has 0 aromatic carbocycles. The molecule has 1 N–H and O–H groups in total. The monoisotopic (exact) mass is 341 g/mol. The second kappa shape index (κ2) is 6.62. The zero-order valence-corrected chi connectivity index (χ0v) is 14.3. The van der Waals surface area contributed by atoms with Crippen LogP contribution in [-0.4, -0.2) is 34.6 Å². The van der Waals surface area contributed by atoms with E-state index in [2.05, 4.69) is 10.4 Å². The van der Waals surface area contributed by atoms with Crippen LogP contribution >= 0.6 is 11.3 Å². The Balaban J connectivity index is 2.11. The molecule has 0 spiro atoms. The van der Waals surface area contributed by atoms with Gasteiger partial charge >= 0.3 is 0 Å². The number of carbonyl (C=O) groups is 1. The molecule has 1 amide bonds. The number of nitrogens with one attached hydrogen (secondary N) is 1. The molecule has 2 heterocycles. The number of sulfone groups is 1. The Labute approximate surface area is 134 Å². The van der Waals surface area contributed by atoms with E-state index < -0.39 is 26.2 Å². The van der Waals surface area contributed by atoms with E-state index in [4.69, 9.17) is 0 Å². The van der Waals surface area contributed by atoms with Crippen LogP contribution in [0, 0.1) is 0 Å². The largest absolute Gasteiger partial charge is 0.310 e. The fraction of sp³-hybridized carbons (Fsp3) is 0.429. The highest BCUT2D eigenvalue weighted by atomic mass is 32.2. The number of aromatic nitrogens is 2. The fourth-order valence-electron chi connectivity index (χ4n) is 1.91. The minimum absolute atomic E-state index is 0.488. The first-order chi connectivity index (χ1) is 10.3. The van der Waals surface area contributed by atoms with Crippen LogP contribution < -0.4 is 5.32 Å². The van der Waals surface area contributed by atoms with Crippen molar-refractivity contribution in [3.63, 3.8) is 0 Å². The van der Waals surface area contributed by atoms with Crippen molar-refractivity contribution in [1.29, 1.82) is 0 Å². The molecule has 0 radical (unpaired) electrons. The van der Waals surface area contributed by atoms with Gasteiger partial charge in [-0.15, -0.1) is 0 Å². The maximum absolute atomic E-state index is 12.2. The Morgan fingerprint density at radius 3 is 2.68 bits per heavy atom. The van der Waals surface area contributed by atoms with Gasteiger partial charge in [-0.25, -0.2) is 13.1 Å². The molecule has 0 bridgehead atoms. The first-order valence-electron chi connectivity index (χ1n) is 6.89. The lowest BCUT2D eigenvalue weighted by molar-refractivity contribution is -0.115. The molecular formula is C14H19N3O3S2. The molecular weight excluding hydrogens is 322 g/mol. The number of hydrogen-bond donors (Lipinski definition) is 1. The molecule has 0 aliphatic rings. The molecule has 6 nitrogen and oxygen atoms in total. The molecule has 22 heavy (non-hydrogen) atoms. The summed E-state index contributed by atoms with van der Waals surface area (Å²) in [5.41, 5.74) is 1.08. The van der Waals surface area contributed by atoms with Gasteiger partial charge in [-0.2, -0.15) is 16.4 Å². The molecule has 0 fully saturated rings. The van der Waals surface area contributed by atoms with Gasteiger partial charge in [-0.1, -0.05) is 0 Å². The standard InChI is InChI=1S/C14H19N3O3S2/c1-10(2)22(19,20)11(3)14(18)16-13-4-6-15-17(13)8-12-5-7-21-9-12/h4-7,9-11H,8H2,1-3H3,(H,16,18)/t11-/m0/s1. The predicted octanol–water partition coefficient (Wildman–Crippen LogP) is 2.14. The molecule has 1 atom stereocenters. The molecule has 0 unspecified atom stereocenters. The number of carbonyl (C=O) groups excluding carboxylic acids is 1. The maximum Gasteiger partial charge on any atom is 0.243 e. The lowest BCUT2D eigenvalue weighted by atomic mass is 10.3. The van der Waals surface area contributed by atoms with Crippen molar-refractivity contribution in [2.75, 3.05) is 5.32 Å². The third-order valence-electron chi connectivity index (χ3n) is 3.40. The minimum Gasteiger partial charge on any atom is -0.310 e. The van der Waals surface area contributed by atoms with Gasteiger partial charge in [0, 0.05) is 6.07 Å². The number of nitrogens with zero attached hydrogens (tertiary/aromatic N) is 2. The highest BCUT2D eigenvalue weighted by molar-refractivity contribution is 7.93. The Hall–Kier alpha value is -1.67. The van der Waals surface area contributed by atoms with Crippen LogP contribution in [0.1, 0.15) is 26.3 Å². The topological polar surface area (TPSA) is 81.1 Å². The van der Waals surface area contributed by atoms with Crippen LogP contribution in [-0.2, 0) is 21.2 Å². The summed E-state index contributed by atoms with van der Waals surface area (Å²) in [6.45, 7) is 5.07. The molecule has 0 saturated carbocycles. The van der Waals surface area contributed by atoms with Crippen LogP contribution in [0.4, 0.5) is 5.82 Å². The lowest BCUT2D eigenvalue weighted by Crippen LogP contribution is -2.37. The molecule has 120 valence electrons. The van der Waals surface area contributed by atoms with Gasteiger partial charge in [0.2, 0.25) is 5.91 Å². The summed E-state index contributed by atoms with van der Waals surface area (Å²) >= 11 is 1.58. The number of hydrogen-bond acceptors (Lipinski definition) is 5. The van der Waals surface area contributed by atoms with E-state index in [0.717, 1.165) is 5.56 Å². The first kappa shape index (κ1) is 16.7. The highest BCUT2D eigenvalue weighted by Gasteiger charge is 2.31. The SMILES string of the molecule is CC(C)S(=O)(=O)[C@@H](C)C(=O)Nc1ccnn1Cc1ccsc1. The number of thiophene rings is 1. The maximum atomic E-state index is 12.2. The van der Waals surface area contributed by atoms with Crippen LogP contribution in [0.15, 0.2) is 29.1 Å². The molecule has 8 heteroatoms. The second-order valence-electron chi connectivity index (χ2n) is 5.27. The Morgan fingerprint density at radius 1 is 1.36 bits per heavy atom. The van der Waals surface area contributed by atoms with Crippen molar-refractivity contribution in [2.45, 2.75) is 37.8 Å². The van der Waals surface area contributed by atoms with E-state index in [0.29, 0.717) is 12.4 Å². The second-order valence-corrected chi connectivity index (χ2v) is 8.88. The molecule has 0 saturated heterocycles. The van der Waals surface area contributed by atoms with Crippen molar-refractivity contribution >= 4 is 32.9 Å². The van der Waals surface area contributed by atoms with Crippen molar-refractivity contribution in [2.24, 2.45) is 0 Å². The van der Waals surface area contributed by atoms with Crippen molar-refractivity contribution in [3.8, 4) is 0 Å². The van der Waals surface area contributed by atoms with Crippen LogP contribution in [0.25, 0.3) is 0 Å². The van der Waals surface area contributed by atoms with E-state index in [1.54, 1.807) is 42.1 Å². The highest BCUT2D eigenvalue weighted by Crippen LogP contribution is 2.15. The van der Waals surface area contributed by atoms with Gasteiger partial charge in [-0.05, 0) is 43.2 Å². The summed E-state index contributed by atoms with van der Waals surface area (Å²) < 4.78 is 25.8. The first-order valence-corrected chi connectivity index (χ1v) is 9.44. The number of rotatable bonds is 6. The van der Waals surface area contributed by atoms with Crippen molar-refractivity contribution in [1.82, 2.24) is 9.78 Å². The number of anilines is 1. The third-order valence-corrected chi connectivity index (χ3v) is 6.65. The minimum atomic E-state index is -3.48. The van der Waals surface area contributed by atoms with E-state index in [1.807, 2.05) is 16.8 Å². The molecule has 0 aliphatic carbocycles. The summed E-state index contributed by atoms with van der Waals surface area (Å²) in [5.74, 6) is -0.0530. The van der Waals surface area contributed by atoms with Gasteiger partial charge in [0.15, 0.2) is 9.84 Å². The van der Waals surface area contributed by atoms with Crippen LogP contribution in [0.5, 0.6) is 0 Å². The Bertz CT molecular complexity index is 733. The van der Waals surface area contributed by atoms with Gasteiger partial charge in [0.1, 0.15) is 11.1 Å². The zero-order valence-electron chi connectivity index (χ0n) is 12.7.